The Labute approximate surface area is 114 Å². The second-order valence-corrected chi connectivity index (χ2v) is 5.62. The van der Waals surface area contributed by atoms with Crippen LogP contribution in [0.3, 0.4) is 0 Å². The highest BCUT2D eigenvalue weighted by Crippen LogP contribution is 2.25. The highest BCUT2D eigenvalue weighted by atomic mass is 32.1. The van der Waals surface area contributed by atoms with Crippen LogP contribution < -0.4 is 5.32 Å². The van der Waals surface area contributed by atoms with Crippen LogP contribution >= 0.6 is 22.7 Å². The number of nitrogens with zero attached hydrogens (tertiary/aromatic N) is 1. The van der Waals surface area contributed by atoms with E-state index in [2.05, 4.69) is 33.4 Å². The number of nitrogens with one attached hydrogen (secondary N) is 1. The molecule has 1 N–H and O–H groups in total. The highest BCUT2D eigenvalue weighted by Gasteiger charge is 2.11. The lowest BCUT2D eigenvalue weighted by Gasteiger charge is -2.10. The molecule has 96 valence electrons. The third-order valence-corrected chi connectivity index (χ3v) is 4.29. The zero-order valence-corrected chi connectivity index (χ0v) is 11.8. The fraction of sp³-hybridized carbons (Fsp3) is 0.333. The Morgan fingerprint density at radius 3 is 3.06 bits per heavy atom. The van der Waals surface area contributed by atoms with Crippen molar-refractivity contribution in [3.8, 4) is 0 Å². The fourth-order valence-electron chi connectivity index (χ4n) is 1.47. The lowest BCUT2D eigenvalue weighted by atomic mass is 10.3. The van der Waals surface area contributed by atoms with E-state index in [1.807, 2.05) is 11.4 Å². The molecule has 4 nitrogen and oxygen atoms in total. The average Bonchev–Trinajstić information content (AvgIpc) is 3.00. The zero-order valence-electron chi connectivity index (χ0n) is 10.2. The first-order valence-electron chi connectivity index (χ1n) is 5.50. The fourth-order valence-corrected chi connectivity index (χ4v) is 3.00. The molecule has 6 heteroatoms. The molecule has 2 aromatic heterocycles. The van der Waals surface area contributed by atoms with Crippen LogP contribution in [0.4, 0.5) is 5.13 Å². The molecule has 0 saturated heterocycles. The number of carbonyl (C=O) groups is 1. The molecule has 2 aromatic rings. The van der Waals surface area contributed by atoms with Crippen LogP contribution in [0.2, 0.25) is 0 Å². The summed E-state index contributed by atoms with van der Waals surface area (Å²) in [5.74, 6) is -0.266. The van der Waals surface area contributed by atoms with Gasteiger partial charge in [-0.1, -0.05) is 6.07 Å². The predicted molar refractivity (Wildman–Crippen MR) is 74.2 cm³/mol. The Kier molecular flexibility index (Phi) is 4.33. The number of thiazole rings is 1. The molecular weight excluding hydrogens is 268 g/mol. The first-order valence-corrected chi connectivity index (χ1v) is 7.26. The third-order valence-electron chi connectivity index (χ3n) is 2.41. The lowest BCUT2D eigenvalue weighted by Crippen LogP contribution is -2.06. The Hall–Kier alpha value is -1.40. The summed E-state index contributed by atoms with van der Waals surface area (Å²) < 4.78 is 4.61. The lowest BCUT2D eigenvalue weighted by molar-refractivity contribution is -0.139. The van der Waals surface area contributed by atoms with Crippen molar-refractivity contribution in [3.63, 3.8) is 0 Å². The molecule has 18 heavy (non-hydrogen) atoms. The van der Waals surface area contributed by atoms with Crippen LogP contribution in [0.1, 0.15) is 23.5 Å². The predicted octanol–water partition coefficient (Wildman–Crippen LogP) is 3.09. The van der Waals surface area contributed by atoms with E-state index >= 15 is 0 Å². The molecule has 0 saturated carbocycles. The van der Waals surface area contributed by atoms with E-state index < -0.39 is 0 Å². The number of rotatable bonds is 5. The van der Waals surface area contributed by atoms with E-state index in [1.165, 1.54) is 23.3 Å². The van der Waals surface area contributed by atoms with Gasteiger partial charge < -0.3 is 10.1 Å². The maximum Gasteiger partial charge on any atom is 0.311 e. The normalized spacial score (nSPS) is 12.1. The van der Waals surface area contributed by atoms with E-state index in [4.69, 9.17) is 0 Å². The van der Waals surface area contributed by atoms with Gasteiger partial charge in [0.2, 0.25) is 0 Å². The Morgan fingerprint density at radius 1 is 1.56 bits per heavy atom. The number of hydrogen-bond acceptors (Lipinski definition) is 6. The topological polar surface area (TPSA) is 51.2 Å². The number of carbonyl (C=O) groups excluding carboxylic acids is 1. The van der Waals surface area contributed by atoms with Gasteiger partial charge in [-0.3, -0.25) is 4.79 Å². The number of thiophene rings is 1. The molecule has 2 rings (SSSR count). The van der Waals surface area contributed by atoms with Crippen LogP contribution in [0.5, 0.6) is 0 Å². The van der Waals surface area contributed by atoms with E-state index in [9.17, 15) is 4.79 Å². The molecule has 2 heterocycles. The van der Waals surface area contributed by atoms with Crippen LogP contribution in [0, 0.1) is 0 Å². The molecule has 1 unspecified atom stereocenters. The second kappa shape index (κ2) is 5.97. The van der Waals surface area contributed by atoms with Gasteiger partial charge in [-0.15, -0.1) is 22.7 Å². The van der Waals surface area contributed by atoms with Gasteiger partial charge in [0.1, 0.15) is 0 Å². The second-order valence-electron chi connectivity index (χ2n) is 3.78. The van der Waals surface area contributed by atoms with E-state index in [0.29, 0.717) is 0 Å². The number of anilines is 1. The van der Waals surface area contributed by atoms with Gasteiger partial charge >= 0.3 is 5.97 Å². The van der Waals surface area contributed by atoms with Gasteiger partial charge in [-0.2, -0.15) is 0 Å². The molecule has 0 fully saturated rings. The van der Waals surface area contributed by atoms with Crippen molar-refractivity contribution in [1.29, 1.82) is 0 Å². The van der Waals surface area contributed by atoms with Crippen LogP contribution in [-0.4, -0.2) is 18.1 Å². The SMILES string of the molecule is COC(=O)Cc1csc(NC(C)c2cccs2)n1. The molecule has 0 bridgehead atoms. The largest absolute Gasteiger partial charge is 0.469 e. The molecule has 0 aliphatic rings. The smallest absolute Gasteiger partial charge is 0.311 e. The van der Waals surface area contributed by atoms with Crippen LogP contribution in [0.15, 0.2) is 22.9 Å². The Bertz CT molecular complexity index is 508. The van der Waals surface area contributed by atoms with Gasteiger partial charge in [0.25, 0.3) is 0 Å². The van der Waals surface area contributed by atoms with Crippen molar-refractivity contribution in [1.82, 2.24) is 4.98 Å². The van der Waals surface area contributed by atoms with Gasteiger partial charge in [0.05, 0.1) is 25.3 Å². The summed E-state index contributed by atoms with van der Waals surface area (Å²) >= 11 is 3.21. The van der Waals surface area contributed by atoms with Gasteiger partial charge in [0, 0.05) is 10.3 Å². The Balaban J connectivity index is 1.96. The van der Waals surface area contributed by atoms with Gasteiger partial charge in [0.15, 0.2) is 5.13 Å². The quantitative estimate of drug-likeness (QED) is 0.856. The third kappa shape index (κ3) is 3.30. The van der Waals surface area contributed by atoms with E-state index in [-0.39, 0.29) is 18.4 Å². The maximum atomic E-state index is 11.1. The summed E-state index contributed by atoms with van der Waals surface area (Å²) in [4.78, 5) is 16.7. The van der Waals surface area contributed by atoms with E-state index in [0.717, 1.165) is 10.8 Å². The minimum atomic E-state index is -0.266. The van der Waals surface area contributed by atoms with Crippen LogP contribution in [-0.2, 0) is 16.0 Å². The number of methoxy groups -OCH3 is 1. The molecule has 0 aliphatic heterocycles. The summed E-state index contributed by atoms with van der Waals surface area (Å²) in [6.07, 6.45) is 0.224. The standard InChI is InChI=1S/C12H14N2O2S2/c1-8(10-4-3-5-17-10)13-12-14-9(7-18-12)6-11(15)16-2/h3-5,7-8H,6H2,1-2H3,(H,13,14). The molecule has 0 aliphatic carbocycles. The summed E-state index contributed by atoms with van der Waals surface area (Å²) in [5.41, 5.74) is 0.743. The molecule has 0 aromatic carbocycles. The van der Waals surface area contributed by atoms with Crippen molar-refractivity contribution < 1.29 is 9.53 Å². The minimum Gasteiger partial charge on any atom is -0.469 e. The van der Waals surface area contributed by atoms with Gasteiger partial charge in [-0.25, -0.2) is 4.98 Å². The van der Waals surface area contributed by atoms with Gasteiger partial charge in [-0.05, 0) is 18.4 Å². The molecular formula is C12H14N2O2S2. The van der Waals surface area contributed by atoms with Crippen molar-refractivity contribution in [2.45, 2.75) is 19.4 Å². The summed E-state index contributed by atoms with van der Waals surface area (Å²) in [6.45, 7) is 2.09. The average molecular weight is 282 g/mol. The summed E-state index contributed by atoms with van der Waals surface area (Å²) in [7, 11) is 1.38. The zero-order chi connectivity index (χ0) is 13.0. The van der Waals surface area contributed by atoms with E-state index in [1.54, 1.807) is 11.3 Å². The number of ether oxygens (including phenoxy) is 1. The van der Waals surface area contributed by atoms with Crippen molar-refractivity contribution in [3.05, 3.63) is 33.5 Å². The first kappa shape index (κ1) is 13.0. The number of esters is 1. The first-order chi connectivity index (χ1) is 8.69. The maximum absolute atomic E-state index is 11.1. The monoisotopic (exact) mass is 282 g/mol. The highest BCUT2D eigenvalue weighted by molar-refractivity contribution is 7.13. The summed E-state index contributed by atoms with van der Waals surface area (Å²) in [6, 6.07) is 4.34. The van der Waals surface area contributed by atoms with Crippen LogP contribution in [0.25, 0.3) is 0 Å². The van der Waals surface area contributed by atoms with Crippen molar-refractivity contribution >= 4 is 33.8 Å². The van der Waals surface area contributed by atoms with Crippen molar-refractivity contribution in [2.75, 3.05) is 12.4 Å². The summed E-state index contributed by atoms with van der Waals surface area (Å²) in [5, 5.41) is 8.08. The molecule has 0 radical (unpaired) electrons. The minimum absolute atomic E-state index is 0.224. The molecule has 0 spiro atoms. The molecule has 1 atom stereocenters. The number of hydrogen-bond donors (Lipinski definition) is 1. The van der Waals surface area contributed by atoms with Crippen molar-refractivity contribution in [2.24, 2.45) is 0 Å². The molecule has 0 amide bonds. The Morgan fingerprint density at radius 2 is 2.39 bits per heavy atom. The number of aromatic nitrogens is 1.